The largest absolute Gasteiger partial charge is 0.319 e. The minimum atomic E-state index is -3.70. The molecule has 3 aromatic rings. The average molecular weight is 377 g/mol. The van der Waals surface area contributed by atoms with Crippen LogP contribution in [0.25, 0.3) is 5.65 Å². The Morgan fingerprint density at radius 1 is 1.24 bits per heavy atom. The van der Waals surface area contributed by atoms with Gasteiger partial charge < -0.3 is 5.32 Å². The fourth-order valence-electron chi connectivity index (χ4n) is 2.66. The van der Waals surface area contributed by atoms with E-state index in [1.165, 1.54) is 11.8 Å². The average Bonchev–Trinajstić information content (AvgIpc) is 3.00. The molecule has 0 aliphatic heterocycles. The molecule has 0 bridgehead atoms. The van der Waals surface area contributed by atoms with Gasteiger partial charge in [0.05, 0.1) is 4.90 Å². The molecule has 1 N–H and O–H groups in total. The number of rotatable bonds is 6. The predicted molar refractivity (Wildman–Crippen MR) is 99.0 cm³/mol. The Morgan fingerprint density at radius 2 is 1.96 bits per heavy atom. The molecule has 3 rings (SSSR count). The van der Waals surface area contributed by atoms with Gasteiger partial charge in [-0.2, -0.15) is 5.10 Å². The number of hydrogen-bond acceptors (Lipinski definition) is 6. The van der Waals surface area contributed by atoms with Crippen LogP contribution in [0, 0.1) is 6.92 Å². The maximum atomic E-state index is 13.2. The van der Waals surface area contributed by atoms with Crippen molar-refractivity contribution in [3.8, 4) is 0 Å². The molecular weight excluding hydrogens is 356 g/mol. The monoisotopic (exact) mass is 376 g/mol. The Hall–Kier alpha value is -1.90. The first kappa shape index (κ1) is 17.9. The zero-order chi connectivity index (χ0) is 18.0. The van der Waals surface area contributed by atoms with Gasteiger partial charge in [0.1, 0.15) is 5.03 Å². The van der Waals surface area contributed by atoms with Crippen LogP contribution >= 0.6 is 11.8 Å². The molecule has 8 heteroatoms. The van der Waals surface area contributed by atoms with Crippen molar-refractivity contribution in [2.75, 3.05) is 19.8 Å². The number of thioether (sulfide) groups is 1. The molecular formula is C17H20N4O2S2. The first-order valence-electron chi connectivity index (χ1n) is 7.87. The number of nitrogens with one attached hydrogen (secondary N) is 1. The van der Waals surface area contributed by atoms with E-state index in [-0.39, 0.29) is 9.79 Å². The van der Waals surface area contributed by atoms with Crippen molar-refractivity contribution in [3.05, 3.63) is 47.8 Å². The van der Waals surface area contributed by atoms with Crippen LogP contribution in [0.2, 0.25) is 0 Å². The Bertz CT molecular complexity index is 998. The van der Waals surface area contributed by atoms with Crippen LogP contribution < -0.4 is 5.32 Å². The minimum absolute atomic E-state index is 0.181. The second-order valence-corrected chi connectivity index (χ2v) is 8.31. The van der Waals surface area contributed by atoms with Gasteiger partial charge in [-0.15, -0.1) is 11.8 Å². The highest BCUT2D eigenvalue weighted by Gasteiger charge is 2.29. The van der Waals surface area contributed by atoms with Crippen LogP contribution in [0.5, 0.6) is 0 Å². The number of fused-ring (bicyclic) bond motifs is 1. The summed E-state index contributed by atoms with van der Waals surface area (Å²) in [7, 11) is -1.82. The van der Waals surface area contributed by atoms with E-state index in [2.05, 4.69) is 15.4 Å². The zero-order valence-electron chi connectivity index (χ0n) is 14.4. The molecule has 0 aliphatic rings. The van der Waals surface area contributed by atoms with Gasteiger partial charge in [-0.25, -0.2) is 17.9 Å². The summed E-state index contributed by atoms with van der Waals surface area (Å²) >= 11 is 1.31. The Morgan fingerprint density at radius 3 is 2.60 bits per heavy atom. The van der Waals surface area contributed by atoms with Gasteiger partial charge in [0, 0.05) is 24.4 Å². The highest BCUT2D eigenvalue weighted by Crippen LogP contribution is 2.32. The van der Waals surface area contributed by atoms with E-state index >= 15 is 0 Å². The summed E-state index contributed by atoms with van der Waals surface area (Å²) in [5.74, 6) is 0. The summed E-state index contributed by atoms with van der Waals surface area (Å²) < 4.78 is 28.0. The van der Waals surface area contributed by atoms with Crippen LogP contribution in [0.1, 0.15) is 11.4 Å². The summed E-state index contributed by atoms with van der Waals surface area (Å²) in [4.78, 5) is 5.03. The molecule has 132 valence electrons. The van der Waals surface area contributed by atoms with E-state index in [0.717, 1.165) is 24.4 Å². The van der Waals surface area contributed by atoms with Crippen LogP contribution in [0.15, 0.2) is 51.2 Å². The van der Waals surface area contributed by atoms with E-state index in [1.54, 1.807) is 34.8 Å². The van der Waals surface area contributed by atoms with Gasteiger partial charge in [0.25, 0.3) is 0 Å². The van der Waals surface area contributed by atoms with Crippen LogP contribution in [-0.4, -0.2) is 42.9 Å². The number of sulfone groups is 1. The smallest absolute Gasteiger partial charge is 0.213 e. The molecule has 0 aliphatic carbocycles. The van der Waals surface area contributed by atoms with Crippen molar-refractivity contribution < 1.29 is 8.42 Å². The Balaban J connectivity index is 2.27. The number of aromatic nitrogens is 3. The Kier molecular flexibility index (Phi) is 5.12. The molecule has 0 atom stereocenters. The molecule has 0 amide bonds. The van der Waals surface area contributed by atoms with E-state index in [0.29, 0.717) is 10.7 Å². The van der Waals surface area contributed by atoms with Crippen LogP contribution in [0.3, 0.4) is 0 Å². The van der Waals surface area contributed by atoms with Crippen molar-refractivity contribution in [2.45, 2.75) is 28.2 Å². The summed E-state index contributed by atoms with van der Waals surface area (Å²) in [6.45, 7) is 2.68. The molecule has 0 radical (unpaired) electrons. The van der Waals surface area contributed by atoms with Crippen LogP contribution in [-0.2, 0) is 16.3 Å². The third-order valence-electron chi connectivity index (χ3n) is 3.89. The highest BCUT2D eigenvalue weighted by molar-refractivity contribution is 7.99. The quantitative estimate of drug-likeness (QED) is 0.666. The molecule has 2 aromatic heterocycles. The predicted octanol–water partition coefficient (Wildman–Crippen LogP) is 2.35. The lowest BCUT2D eigenvalue weighted by atomic mass is 10.2. The van der Waals surface area contributed by atoms with E-state index in [1.807, 2.05) is 26.3 Å². The number of aryl methyl sites for hydroxylation is 1. The summed E-state index contributed by atoms with van der Waals surface area (Å²) in [6.07, 6.45) is 2.54. The summed E-state index contributed by atoms with van der Waals surface area (Å²) in [6, 6.07) is 10.4. The van der Waals surface area contributed by atoms with Crippen molar-refractivity contribution in [3.63, 3.8) is 0 Å². The molecule has 0 saturated carbocycles. The number of nitrogens with zero attached hydrogens (tertiary/aromatic N) is 3. The molecule has 6 nitrogen and oxygen atoms in total. The maximum Gasteiger partial charge on any atom is 0.213 e. The fraction of sp³-hybridized carbons (Fsp3) is 0.294. The second-order valence-electron chi connectivity index (χ2n) is 5.63. The topological polar surface area (TPSA) is 76.4 Å². The third-order valence-corrected chi connectivity index (χ3v) is 6.50. The molecule has 0 fully saturated rings. The first-order chi connectivity index (χ1) is 12.0. The molecule has 1 aromatic carbocycles. The van der Waals surface area contributed by atoms with E-state index < -0.39 is 9.84 Å². The third kappa shape index (κ3) is 3.29. The van der Waals surface area contributed by atoms with Gasteiger partial charge in [-0.3, -0.25) is 0 Å². The van der Waals surface area contributed by atoms with Gasteiger partial charge in [-0.1, -0.05) is 18.2 Å². The van der Waals surface area contributed by atoms with Crippen molar-refractivity contribution >= 4 is 27.2 Å². The summed E-state index contributed by atoms with van der Waals surface area (Å²) in [5.41, 5.74) is 2.09. The van der Waals surface area contributed by atoms with Gasteiger partial charge in [0.15, 0.2) is 10.5 Å². The standard InChI is InChI=1S/C17H20N4O2S2/c1-12-11-13(9-10-18-2)19-16-15(17(24-3)20-21(12)16)25(22,23)14-7-5-4-6-8-14/h4-8,11,18H,9-10H2,1-3H3. The second kappa shape index (κ2) is 7.15. The number of hydrogen-bond donors (Lipinski definition) is 1. The van der Waals surface area contributed by atoms with Crippen molar-refractivity contribution in [1.29, 1.82) is 0 Å². The Labute approximate surface area is 151 Å². The lowest BCUT2D eigenvalue weighted by molar-refractivity contribution is 0.594. The fourth-order valence-corrected chi connectivity index (χ4v) is 5.07. The number of likely N-dealkylation sites (N-methyl/N-ethyl adjacent to an activating group) is 1. The molecule has 25 heavy (non-hydrogen) atoms. The maximum absolute atomic E-state index is 13.2. The first-order valence-corrected chi connectivity index (χ1v) is 10.6. The molecule has 2 heterocycles. The van der Waals surface area contributed by atoms with Crippen molar-refractivity contribution in [1.82, 2.24) is 19.9 Å². The van der Waals surface area contributed by atoms with Crippen LogP contribution in [0.4, 0.5) is 0 Å². The van der Waals surface area contributed by atoms with Gasteiger partial charge in [-0.05, 0) is 38.4 Å². The highest BCUT2D eigenvalue weighted by atomic mass is 32.2. The lowest BCUT2D eigenvalue weighted by Crippen LogP contribution is -2.12. The molecule has 0 unspecified atom stereocenters. The van der Waals surface area contributed by atoms with E-state index in [9.17, 15) is 8.42 Å². The van der Waals surface area contributed by atoms with E-state index in [4.69, 9.17) is 0 Å². The summed E-state index contributed by atoms with van der Waals surface area (Å²) in [5, 5.41) is 8.02. The molecule has 0 saturated heterocycles. The lowest BCUT2D eigenvalue weighted by Gasteiger charge is -2.07. The minimum Gasteiger partial charge on any atom is -0.319 e. The SMILES string of the molecule is CNCCc1cc(C)n2nc(SC)c(S(=O)(=O)c3ccccc3)c2n1. The number of benzene rings is 1. The van der Waals surface area contributed by atoms with Gasteiger partial charge >= 0.3 is 0 Å². The molecule has 0 spiro atoms. The van der Waals surface area contributed by atoms with Gasteiger partial charge in [0.2, 0.25) is 9.84 Å². The zero-order valence-corrected chi connectivity index (χ0v) is 16.0. The normalized spacial score (nSPS) is 12.0. The van der Waals surface area contributed by atoms with Crippen molar-refractivity contribution in [2.24, 2.45) is 0 Å².